The molecule has 1 aromatic carbocycles. The first-order chi connectivity index (χ1) is 13.1. The molecule has 1 aliphatic carbocycles. The number of nitrogens with one attached hydrogen (secondary N) is 3. The topological polar surface area (TPSA) is 112 Å². The van der Waals surface area contributed by atoms with Crippen LogP contribution >= 0.6 is 11.6 Å². The highest BCUT2D eigenvalue weighted by Crippen LogP contribution is 2.23. The molecule has 1 heterocycles. The zero-order valence-electron chi connectivity index (χ0n) is 14.3. The Morgan fingerprint density at radius 2 is 2.11 bits per heavy atom. The molecule has 144 valence electrons. The van der Waals surface area contributed by atoms with E-state index in [0.717, 1.165) is 31.7 Å². The molecule has 0 unspecified atom stereocenters. The Balaban J connectivity index is 1.74. The number of nitrogens with zero attached hydrogens (tertiary/aromatic N) is 2. The molecule has 0 radical (unpaired) electrons. The number of hydrogen-bond donors (Lipinski definition) is 4. The number of urea groups is 1. The molecule has 10 heteroatoms. The molecule has 1 saturated carbocycles. The third kappa shape index (κ3) is 4.95. The average molecular weight is 396 g/mol. The van der Waals surface area contributed by atoms with Crippen molar-refractivity contribution < 1.29 is 18.9 Å². The van der Waals surface area contributed by atoms with Gasteiger partial charge < -0.3 is 15.2 Å². The summed E-state index contributed by atoms with van der Waals surface area (Å²) in [5.74, 6) is -0.684. The number of aromatic nitrogens is 1. The summed E-state index contributed by atoms with van der Waals surface area (Å²) in [5, 5.41) is 18.6. The highest BCUT2D eigenvalue weighted by molar-refractivity contribution is 6.31. The summed E-state index contributed by atoms with van der Waals surface area (Å²) < 4.78 is 18.2. The number of aliphatic imine (C=N–C) groups is 1. The van der Waals surface area contributed by atoms with Gasteiger partial charge in [-0.05, 0) is 31.0 Å². The molecule has 4 N–H and O–H groups in total. The summed E-state index contributed by atoms with van der Waals surface area (Å²) in [5.41, 5.74) is 2.48. The zero-order chi connectivity index (χ0) is 19.2. The minimum absolute atomic E-state index is 0.0803. The SMILES string of the molecule is O=C(Nc1conc1C(=Nc1ccc(F)c(Cl)c1)NO)NC1CCCCC1. The van der Waals surface area contributed by atoms with Crippen molar-refractivity contribution in [2.45, 2.75) is 38.1 Å². The minimum Gasteiger partial charge on any atom is -0.362 e. The summed E-state index contributed by atoms with van der Waals surface area (Å²) >= 11 is 5.73. The number of carbonyl (C=O) groups excluding carboxylic acids is 1. The number of hydroxylamine groups is 1. The molecule has 1 aliphatic rings. The van der Waals surface area contributed by atoms with Crippen LogP contribution in [0.3, 0.4) is 0 Å². The van der Waals surface area contributed by atoms with Gasteiger partial charge in [0.2, 0.25) is 0 Å². The molecule has 0 atom stereocenters. The minimum atomic E-state index is -0.586. The Bertz CT molecular complexity index is 836. The van der Waals surface area contributed by atoms with Crippen molar-refractivity contribution in [1.82, 2.24) is 16.0 Å². The van der Waals surface area contributed by atoms with Gasteiger partial charge in [0.25, 0.3) is 0 Å². The van der Waals surface area contributed by atoms with Crippen LogP contribution in [-0.2, 0) is 0 Å². The van der Waals surface area contributed by atoms with E-state index in [0.29, 0.717) is 0 Å². The molecule has 3 rings (SSSR count). The number of anilines is 1. The second-order valence-corrected chi connectivity index (χ2v) is 6.59. The Morgan fingerprint density at radius 3 is 2.81 bits per heavy atom. The van der Waals surface area contributed by atoms with Crippen LogP contribution in [0.2, 0.25) is 5.02 Å². The maximum absolute atomic E-state index is 13.3. The molecule has 0 saturated heterocycles. The Morgan fingerprint density at radius 1 is 1.33 bits per heavy atom. The molecule has 2 amide bonds. The van der Waals surface area contributed by atoms with E-state index in [1.807, 2.05) is 5.48 Å². The molecular formula is C17H19ClFN5O3. The molecular weight excluding hydrogens is 377 g/mol. The van der Waals surface area contributed by atoms with Gasteiger partial charge >= 0.3 is 6.03 Å². The van der Waals surface area contributed by atoms with Gasteiger partial charge in [-0.15, -0.1) is 0 Å². The zero-order valence-corrected chi connectivity index (χ0v) is 15.1. The fourth-order valence-electron chi connectivity index (χ4n) is 2.90. The first-order valence-electron chi connectivity index (χ1n) is 8.53. The first-order valence-corrected chi connectivity index (χ1v) is 8.90. The van der Waals surface area contributed by atoms with Gasteiger partial charge in [-0.2, -0.15) is 0 Å². The van der Waals surface area contributed by atoms with Crippen molar-refractivity contribution in [1.29, 1.82) is 0 Å². The van der Waals surface area contributed by atoms with Crippen molar-refractivity contribution >= 4 is 34.8 Å². The monoisotopic (exact) mass is 395 g/mol. The normalized spacial score (nSPS) is 15.4. The van der Waals surface area contributed by atoms with Crippen molar-refractivity contribution in [3.8, 4) is 0 Å². The lowest BCUT2D eigenvalue weighted by atomic mass is 9.96. The smallest absolute Gasteiger partial charge is 0.319 e. The van der Waals surface area contributed by atoms with Crippen LogP contribution in [0.15, 0.2) is 34.0 Å². The second kappa shape index (κ2) is 8.83. The van der Waals surface area contributed by atoms with Crippen molar-refractivity contribution in [3.63, 3.8) is 0 Å². The molecule has 1 fully saturated rings. The van der Waals surface area contributed by atoms with Crippen LogP contribution in [0.1, 0.15) is 37.8 Å². The molecule has 0 spiro atoms. The van der Waals surface area contributed by atoms with Gasteiger partial charge in [0.15, 0.2) is 11.5 Å². The summed E-state index contributed by atoms with van der Waals surface area (Å²) in [6, 6.07) is 3.55. The van der Waals surface area contributed by atoms with E-state index in [2.05, 4.69) is 20.8 Å². The van der Waals surface area contributed by atoms with Crippen LogP contribution in [-0.4, -0.2) is 28.3 Å². The Kier molecular flexibility index (Phi) is 6.25. The Labute approximate surface area is 159 Å². The van der Waals surface area contributed by atoms with Crippen LogP contribution in [0.5, 0.6) is 0 Å². The number of amides is 2. The summed E-state index contributed by atoms with van der Waals surface area (Å²) in [6.45, 7) is 0. The highest BCUT2D eigenvalue weighted by Gasteiger charge is 2.20. The van der Waals surface area contributed by atoms with Crippen LogP contribution in [0.4, 0.5) is 20.6 Å². The second-order valence-electron chi connectivity index (χ2n) is 6.18. The van der Waals surface area contributed by atoms with Crippen molar-refractivity contribution in [2.24, 2.45) is 4.99 Å². The fourth-order valence-corrected chi connectivity index (χ4v) is 3.08. The number of amidine groups is 1. The summed E-state index contributed by atoms with van der Waals surface area (Å²) in [4.78, 5) is 16.3. The van der Waals surface area contributed by atoms with Gasteiger partial charge in [0, 0.05) is 6.04 Å². The van der Waals surface area contributed by atoms with Gasteiger partial charge in [0.05, 0.1) is 10.7 Å². The van der Waals surface area contributed by atoms with E-state index in [4.69, 9.17) is 16.1 Å². The van der Waals surface area contributed by atoms with E-state index in [9.17, 15) is 14.4 Å². The van der Waals surface area contributed by atoms with Gasteiger partial charge in [-0.3, -0.25) is 10.7 Å². The van der Waals surface area contributed by atoms with E-state index < -0.39 is 11.8 Å². The number of carbonyl (C=O) groups is 1. The maximum Gasteiger partial charge on any atom is 0.319 e. The van der Waals surface area contributed by atoms with Crippen molar-refractivity contribution in [3.05, 3.63) is 41.0 Å². The molecule has 2 aromatic rings. The summed E-state index contributed by atoms with van der Waals surface area (Å²) in [7, 11) is 0. The molecule has 0 bridgehead atoms. The first kappa shape index (κ1) is 19.1. The lowest BCUT2D eigenvalue weighted by Gasteiger charge is -2.22. The number of halogens is 2. The Hall–Kier alpha value is -2.65. The lowest BCUT2D eigenvalue weighted by Crippen LogP contribution is -2.39. The number of rotatable bonds is 4. The third-order valence-electron chi connectivity index (χ3n) is 4.23. The van der Waals surface area contributed by atoms with Crippen molar-refractivity contribution in [2.75, 3.05) is 5.32 Å². The highest BCUT2D eigenvalue weighted by atomic mass is 35.5. The average Bonchev–Trinajstić information content (AvgIpc) is 3.11. The molecule has 27 heavy (non-hydrogen) atoms. The van der Waals surface area contributed by atoms with Crippen LogP contribution in [0, 0.1) is 5.82 Å². The summed E-state index contributed by atoms with van der Waals surface area (Å²) in [6.07, 6.45) is 6.48. The number of hydrogen-bond acceptors (Lipinski definition) is 5. The maximum atomic E-state index is 13.3. The van der Waals surface area contributed by atoms with Gasteiger partial charge in [-0.1, -0.05) is 36.0 Å². The van der Waals surface area contributed by atoms with Gasteiger partial charge in [0.1, 0.15) is 17.8 Å². The van der Waals surface area contributed by atoms with E-state index in [-0.39, 0.29) is 34.0 Å². The fraction of sp³-hybridized carbons (Fsp3) is 0.353. The predicted octanol–water partition coefficient (Wildman–Crippen LogP) is 3.98. The standard InChI is InChI=1S/C17H19ClFN5O3/c18-12-8-11(6-7-13(12)19)20-16(23-26)15-14(9-27-24-15)22-17(25)21-10-4-2-1-3-5-10/h6-10,26H,1-5H2,(H,20,23)(H2,21,22,25). The molecule has 1 aromatic heterocycles. The van der Waals surface area contributed by atoms with Crippen LogP contribution in [0.25, 0.3) is 0 Å². The largest absolute Gasteiger partial charge is 0.362 e. The lowest BCUT2D eigenvalue weighted by molar-refractivity contribution is 0.234. The third-order valence-corrected chi connectivity index (χ3v) is 4.52. The van der Waals surface area contributed by atoms with Crippen LogP contribution < -0.4 is 16.1 Å². The molecule has 8 nitrogen and oxygen atoms in total. The number of benzene rings is 1. The predicted molar refractivity (Wildman–Crippen MR) is 98.1 cm³/mol. The van der Waals surface area contributed by atoms with E-state index in [1.54, 1.807) is 0 Å². The van der Waals surface area contributed by atoms with Gasteiger partial charge in [-0.25, -0.2) is 14.2 Å². The van der Waals surface area contributed by atoms with E-state index >= 15 is 0 Å². The quantitative estimate of drug-likeness (QED) is 0.355. The van der Waals surface area contributed by atoms with E-state index in [1.165, 1.54) is 24.8 Å². The molecule has 0 aliphatic heterocycles.